The second kappa shape index (κ2) is 10.8. The fourth-order valence-electron chi connectivity index (χ4n) is 0.928. The van der Waals surface area contributed by atoms with Crippen molar-refractivity contribution in [2.24, 2.45) is 10.3 Å². The first-order valence-electron chi connectivity index (χ1n) is 7.37. The smallest absolute Gasteiger partial charge is 0.297 e. The maximum absolute atomic E-state index is 12.2. The van der Waals surface area contributed by atoms with Gasteiger partial charge in [0.2, 0.25) is 11.2 Å². The van der Waals surface area contributed by atoms with Crippen molar-refractivity contribution in [1.82, 2.24) is 8.61 Å². The van der Waals surface area contributed by atoms with Crippen LogP contribution >= 0.6 is 23.5 Å². The molecular weight excluding hydrogens is 400 g/mol. The zero-order chi connectivity index (χ0) is 20.5. The topological polar surface area (TPSA) is 101 Å². The van der Waals surface area contributed by atoms with Crippen molar-refractivity contribution in [2.75, 3.05) is 26.6 Å². The van der Waals surface area contributed by atoms with Gasteiger partial charge in [0.1, 0.15) is 0 Å². The second-order valence-electron chi connectivity index (χ2n) is 6.02. The van der Waals surface area contributed by atoms with Crippen molar-refractivity contribution < 1.29 is 23.5 Å². The number of carbonyl (C=O) groups is 2. The zero-order valence-corrected chi connectivity index (χ0v) is 18.7. The van der Waals surface area contributed by atoms with Crippen molar-refractivity contribution in [2.45, 2.75) is 37.2 Å². The van der Waals surface area contributed by atoms with Gasteiger partial charge in [-0.15, -0.1) is 0 Å². The van der Waals surface area contributed by atoms with E-state index in [4.69, 9.17) is 0 Å². The highest BCUT2D eigenvalue weighted by molar-refractivity contribution is 8.00. The summed E-state index contributed by atoms with van der Waals surface area (Å²) in [6.07, 6.45) is 4.71. The quantitative estimate of drug-likeness (QED) is 0.334. The monoisotopic (exact) mass is 426 g/mol. The van der Waals surface area contributed by atoms with Gasteiger partial charge in [0.05, 0.1) is 12.4 Å². The molecule has 12 heteroatoms. The van der Waals surface area contributed by atoms with Gasteiger partial charge in [0, 0.05) is 23.6 Å². The lowest BCUT2D eigenvalue weighted by Gasteiger charge is -2.20. The van der Waals surface area contributed by atoms with Crippen LogP contribution in [0.25, 0.3) is 0 Å². The predicted octanol–water partition coefficient (Wildman–Crippen LogP) is 2.96. The summed E-state index contributed by atoms with van der Waals surface area (Å²) in [5.41, 5.74) is 0. The van der Waals surface area contributed by atoms with Crippen molar-refractivity contribution >= 4 is 59.3 Å². The van der Waals surface area contributed by atoms with Gasteiger partial charge < -0.3 is 0 Å². The van der Waals surface area contributed by atoms with E-state index in [2.05, 4.69) is 20.0 Å². The van der Waals surface area contributed by atoms with Gasteiger partial charge in [0.15, 0.2) is 0 Å². The average molecular weight is 427 g/mol. The Morgan fingerprint density at radius 1 is 0.885 bits per heavy atom. The third kappa shape index (κ3) is 8.90. The molecule has 0 aliphatic rings. The van der Waals surface area contributed by atoms with E-state index in [1.54, 1.807) is 0 Å². The lowest BCUT2D eigenvalue weighted by molar-refractivity contribution is 0.128. The fourth-order valence-corrected chi connectivity index (χ4v) is 1.91. The molecule has 2 amide bonds. The molecule has 0 aromatic carbocycles. The highest BCUT2D eigenvalue weighted by Crippen LogP contribution is 2.19. The van der Waals surface area contributed by atoms with E-state index in [9.17, 15) is 13.8 Å². The van der Waals surface area contributed by atoms with Crippen LogP contribution in [0.3, 0.4) is 0 Å². The number of hydrogen-bond donors (Lipinski definition) is 0. The highest BCUT2D eigenvalue weighted by Gasteiger charge is 2.26. The van der Waals surface area contributed by atoms with E-state index in [1.165, 1.54) is 50.0 Å². The molecule has 0 spiro atoms. The number of nitrogens with zero attached hydrogens (tertiary/aromatic N) is 4. The Kier molecular flexibility index (Phi) is 10.2. The van der Waals surface area contributed by atoms with Gasteiger partial charge in [-0.25, -0.2) is 22.4 Å². The van der Waals surface area contributed by atoms with Crippen molar-refractivity contribution in [1.29, 1.82) is 0 Å². The summed E-state index contributed by atoms with van der Waals surface area (Å²) in [6.45, 7) is 7.55. The van der Waals surface area contributed by atoms with E-state index < -0.39 is 23.4 Å². The van der Waals surface area contributed by atoms with E-state index in [0.717, 1.165) is 0 Å². The lowest BCUT2D eigenvalue weighted by Crippen LogP contribution is -2.40. The van der Waals surface area contributed by atoms with Crippen LogP contribution in [0.5, 0.6) is 0 Å². The Morgan fingerprint density at radius 2 is 1.19 bits per heavy atom. The van der Waals surface area contributed by atoms with Gasteiger partial charge in [-0.05, 0) is 40.2 Å². The SMILES string of the molecule is CSC(C)(C)C=NOC(=O)N(C)S(=O)N(C)C(=O)ON=CC(C)(C)SC. The van der Waals surface area contributed by atoms with Crippen molar-refractivity contribution in [3.8, 4) is 0 Å². The fraction of sp³-hybridized carbons (Fsp3) is 0.714. The Labute approximate surface area is 165 Å². The molecule has 0 saturated carbocycles. The molecule has 0 saturated heterocycles. The number of carbonyl (C=O) groups excluding carboxylic acids is 2. The summed E-state index contributed by atoms with van der Waals surface area (Å²) in [5, 5.41) is 7.15. The molecule has 0 radical (unpaired) electrons. The average Bonchev–Trinajstić information content (AvgIpc) is 2.59. The highest BCUT2D eigenvalue weighted by atomic mass is 32.2. The third-order valence-corrected chi connectivity index (χ3v) is 6.57. The second-order valence-corrected chi connectivity index (χ2v) is 10.5. The molecule has 0 aromatic rings. The van der Waals surface area contributed by atoms with Crippen LogP contribution in [0, 0.1) is 0 Å². The summed E-state index contributed by atoms with van der Waals surface area (Å²) in [7, 11) is 2.41. The standard InChI is InChI=1S/C14H26N4O5S3/c1-13(2,24-7)9-15-22-11(19)17(5)26(21)18(6)12(20)23-16-10-14(3,4)25-8/h9-10H,1-8H3. The summed E-state index contributed by atoms with van der Waals surface area (Å²) >= 11 is 0.866. The van der Waals surface area contributed by atoms with Gasteiger partial charge >= 0.3 is 12.2 Å². The molecule has 0 bridgehead atoms. The summed E-state index contributed by atoms with van der Waals surface area (Å²) in [6, 6.07) is 0. The Hall–Kier alpha value is -1.27. The zero-order valence-electron chi connectivity index (χ0n) is 16.2. The summed E-state index contributed by atoms with van der Waals surface area (Å²) in [4.78, 5) is 33.0. The minimum atomic E-state index is -2.16. The first kappa shape index (κ1) is 24.7. The Bertz CT molecular complexity index is 533. The van der Waals surface area contributed by atoms with E-state index in [-0.39, 0.29) is 9.49 Å². The molecule has 9 nitrogen and oxygen atoms in total. The Balaban J connectivity index is 4.70. The van der Waals surface area contributed by atoms with Crippen LogP contribution in [-0.4, -0.2) is 73.5 Å². The van der Waals surface area contributed by atoms with Gasteiger partial charge in [-0.1, -0.05) is 10.3 Å². The molecule has 0 rings (SSSR count). The molecule has 0 aromatic heterocycles. The first-order chi connectivity index (χ1) is 11.9. The van der Waals surface area contributed by atoms with E-state index in [0.29, 0.717) is 8.61 Å². The van der Waals surface area contributed by atoms with Crippen LogP contribution in [0.15, 0.2) is 10.3 Å². The van der Waals surface area contributed by atoms with E-state index in [1.807, 2.05) is 40.2 Å². The minimum Gasteiger partial charge on any atom is -0.297 e. The summed E-state index contributed by atoms with van der Waals surface area (Å²) in [5.74, 6) is 0. The van der Waals surface area contributed by atoms with Crippen LogP contribution < -0.4 is 0 Å². The molecule has 0 N–H and O–H groups in total. The third-order valence-electron chi connectivity index (χ3n) is 3.02. The van der Waals surface area contributed by atoms with Gasteiger partial charge in [-0.3, -0.25) is 9.68 Å². The Morgan fingerprint density at radius 3 is 1.46 bits per heavy atom. The maximum atomic E-state index is 12.2. The number of thioether (sulfide) groups is 2. The van der Waals surface area contributed by atoms with Crippen molar-refractivity contribution in [3.05, 3.63) is 0 Å². The largest absolute Gasteiger partial charge is 0.449 e. The number of oxime groups is 2. The minimum absolute atomic E-state index is 0.318. The van der Waals surface area contributed by atoms with Crippen LogP contribution in [0.2, 0.25) is 0 Å². The molecule has 0 aliphatic heterocycles. The number of amides is 2. The van der Waals surface area contributed by atoms with Gasteiger partial charge in [-0.2, -0.15) is 23.5 Å². The molecule has 0 heterocycles. The normalized spacial score (nSPS) is 13.7. The van der Waals surface area contributed by atoms with Crippen LogP contribution in [-0.2, 0) is 20.8 Å². The number of rotatable bonds is 8. The van der Waals surface area contributed by atoms with Crippen LogP contribution in [0.1, 0.15) is 27.7 Å². The molecular formula is C14H26N4O5S3. The summed E-state index contributed by atoms with van der Waals surface area (Å²) < 4.78 is 13.0. The lowest BCUT2D eigenvalue weighted by atomic mass is 10.2. The maximum Gasteiger partial charge on any atom is 0.449 e. The molecule has 0 fully saturated rings. The molecule has 150 valence electrons. The number of hydrogen-bond acceptors (Lipinski definition) is 9. The van der Waals surface area contributed by atoms with Gasteiger partial charge in [0.25, 0.3) is 0 Å². The van der Waals surface area contributed by atoms with Crippen LogP contribution in [0.4, 0.5) is 9.59 Å². The molecule has 0 unspecified atom stereocenters. The molecule has 0 atom stereocenters. The van der Waals surface area contributed by atoms with Crippen molar-refractivity contribution in [3.63, 3.8) is 0 Å². The molecule has 26 heavy (non-hydrogen) atoms. The molecule has 0 aliphatic carbocycles. The van der Waals surface area contributed by atoms with E-state index >= 15 is 0 Å². The predicted molar refractivity (Wildman–Crippen MR) is 109 cm³/mol. The first-order valence-corrected chi connectivity index (χ1v) is 10.9.